The summed E-state index contributed by atoms with van der Waals surface area (Å²) in [5.74, 6) is 0.434. The second-order valence-corrected chi connectivity index (χ2v) is 6.88. The van der Waals surface area contributed by atoms with Gasteiger partial charge in [-0.25, -0.2) is 9.98 Å². The fourth-order valence-electron chi connectivity index (χ4n) is 2.66. The predicted molar refractivity (Wildman–Crippen MR) is 136 cm³/mol. The largest absolute Gasteiger partial charge is 0.324 e. The van der Waals surface area contributed by atoms with Gasteiger partial charge in [-0.05, 0) is 36.6 Å². The zero-order chi connectivity index (χ0) is 22.4. The standard InChI is InChI=1S/C27H35N3O/c1-3-5-7-9-10-11-13-15-22-28-27(29-23-16-24-31)30-26-20-18-25(19-21-26)17-14-12-8-6-4-2/h3,5,7,9-11,13,15,18-24H,1,4,6,8,12,14,16-17H2,2H3,(H,28,30)/b7-5-,10-9+,13-11+,22-15+,29-23+. The number of allylic oxidation sites excluding steroid dienone is 8. The van der Waals surface area contributed by atoms with Crippen molar-refractivity contribution in [3.05, 3.63) is 91.2 Å². The minimum atomic E-state index is 0.254. The van der Waals surface area contributed by atoms with E-state index in [9.17, 15) is 4.79 Å². The second-order valence-electron chi connectivity index (χ2n) is 6.88. The molecule has 1 aromatic carbocycles. The van der Waals surface area contributed by atoms with Crippen LogP contribution < -0.4 is 5.32 Å². The lowest BCUT2D eigenvalue weighted by molar-refractivity contribution is -0.106. The highest BCUT2D eigenvalue weighted by atomic mass is 16.1. The van der Waals surface area contributed by atoms with E-state index in [4.69, 9.17) is 0 Å². The molecule has 0 spiro atoms. The normalized spacial score (nSPS) is 12.7. The molecule has 0 aromatic heterocycles. The third-order valence-electron chi connectivity index (χ3n) is 4.28. The van der Waals surface area contributed by atoms with Crippen molar-refractivity contribution in [2.75, 3.05) is 5.32 Å². The Morgan fingerprint density at radius 2 is 1.61 bits per heavy atom. The van der Waals surface area contributed by atoms with Gasteiger partial charge in [0.15, 0.2) is 0 Å². The van der Waals surface area contributed by atoms with Crippen LogP contribution in [0.5, 0.6) is 0 Å². The Morgan fingerprint density at radius 1 is 0.935 bits per heavy atom. The maximum absolute atomic E-state index is 10.6. The van der Waals surface area contributed by atoms with E-state index in [1.54, 1.807) is 18.5 Å². The molecule has 0 unspecified atom stereocenters. The maximum Gasteiger partial charge on any atom is 0.226 e. The van der Waals surface area contributed by atoms with Gasteiger partial charge < -0.3 is 10.1 Å². The van der Waals surface area contributed by atoms with Gasteiger partial charge in [0.25, 0.3) is 0 Å². The van der Waals surface area contributed by atoms with Gasteiger partial charge in [-0.3, -0.25) is 0 Å². The van der Waals surface area contributed by atoms with Gasteiger partial charge in [0.1, 0.15) is 6.29 Å². The van der Waals surface area contributed by atoms with Crippen molar-refractivity contribution in [1.29, 1.82) is 0 Å². The van der Waals surface area contributed by atoms with E-state index in [2.05, 4.69) is 40.9 Å². The Labute approximate surface area is 187 Å². The van der Waals surface area contributed by atoms with Gasteiger partial charge in [-0.2, -0.15) is 0 Å². The van der Waals surface area contributed by atoms with Gasteiger partial charge in [0.05, 0.1) is 0 Å². The fraction of sp³-hybridized carbons (Fsp3) is 0.296. The molecular weight excluding hydrogens is 382 g/mol. The molecule has 0 saturated heterocycles. The van der Waals surface area contributed by atoms with Crippen molar-refractivity contribution in [2.45, 2.75) is 51.9 Å². The number of rotatable bonds is 14. The molecule has 0 aliphatic heterocycles. The van der Waals surface area contributed by atoms with Crippen molar-refractivity contribution in [3.63, 3.8) is 0 Å². The van der Waals surface area contributed by atoms with Gasteiger partial charge in [-0.15, -0.1) is 0 Å². The number of carbonyl (C=O) groups excluding carboxylic acids is 1. The third-order valence-corrected chi connectivity index (χ3v) is 4.28. The number of anilines is 1. The molecule has 0 heterocycles. The van der Waals surface area contributed by atoms with Crippen molar-refractivity contribution in [3.8, 4) is 0 Å². The summed E-state index contributed by atoms with van der Waals surface area (Å²) in [6.45, 7) is 5.85. The maximum atomic E-state index is 10.6. The molecule has 0 radical (unpaired) electrons. The molecule has 0 bridgehead atoms. The molecule has 31 heavy (non-hydrogen) atoms. The molecule has 0 atom stereocenters. The number of guanidine groups is 1. The Hall–Kier alpha value is -3.27. The number of hydrogen-bond donors (Lipinski definition) is 1. The molecule has 164 valence electrons. The molecule has 0 aliphatic rings. The zero-order valence-electron chi connectivity index (χ0n) is 18.6. The number of aldehydes is 1. The van der Waals surface area contributed by atoms with Crippen molar-refractivity contribution in [2.24, 2.45) is 9.98 Å². The highest BCUT2D eigenvalue weighted by Gasteiger charge is 1.99. The van der Waals surface area contributed by atoms with Gasteiger partial charge >= 0.3 is 0 Å². The predicted octanol–water partition coefficient (Wildman–Crippen LogP) is 7.00. The Bertz CT molecular complexity index is 796. The number of benzene rings is 1. The summed E-state index contributed by atoms with van der Waals surface area (Å²) in [6.07, 6.45) is 26.7. The number of aryl methyl sites for hydroxylation is 1. The number of aliphatic imine (C=N–C) groups is 2. The first-order valence-corrected chi connectivity index (χ1v) is 11.0. The average molecular weight is 418 g/mol. The summed E-state index contributed by atoms with van der Waals surface area (Å²) >= 11 is 0. The number of unbranched alkanes of at least 4 members (excludes halogenated alkanes) is 4. The van der Waals surface area contributed by atoms with Crippen LogP contribution in [0.3, 0.4) is 0 Å². The molecule has 0 saturated carbocycles. The molecule has 0 fully saturated rings. The Kier molecular flexibility index (Phi) is 15.6. The molecule has 4 heteroatoms. The van der Waals surface area contributed by atoms with E-state index in [0.29, 0.717) is 5.96 Å². The number of hydrogen-bond acceptors (Lipinski definition) is 2. The Morgan fingerprint density at radius 3 is 2.29 bits per heavy atom. The van der Waals surface area contributed by atoms with Crippen LogP contribution in [0.4, 0.5) is 5.69 Å². The van der Waals surface area contributed by atoms with Crippen LogP contribution in [0.25, 0.3) is 0 Å². The molecule has 0 aliphatic carbocycles. The highest BCUT2D eigenvalue weighted by Crippen LogP contribution is 2.13. The summed E-state index contributed by atoms with van der Waals surface area (Å²) in [5.41, 5.74) is 2.25. The first-order valence-electron chi connectivity index (χ1n) is 11.0. The Balaban J connectivity index is 2.64. The lowest BCUT2D eigenvalue weighted by Crippen LogP contribution is -2.09. The van der Waals surface area contributed by atoms with Gasteiger partial charge in [-0.1, -0.05) is 93.9 Å². The first kappa shape index (κ1) is 25.8. The van der Waals surface area contributed by atoms with Crippen LogP contribution in [-0.4, -0.2) is 18.5 Å². The summed E-state index contributed by atoms with van der Waals surface area (Å²) < 4.78 is 0. The highest BCUT2D eigenvalue weighted by molar-refractivity contribution is 5.99. The SMILES string of the molecule is C=C\C=C/C=C/C=C/C=C/N=C(\N=C\CC=O)Nc1ccc(CCCCCCC)cc1. The van der Waals surface area contributed by atoms with Crippen molar-refractivity contribution in [1.82, 2.24) is 0 Å². The third kappa shape index (κ3) is 14.4. The zero-order valence-corrected chi connectivity index (χ0v) is 18.6. The molecule has 1 N–H and O–H groups in total. The summed E-state index contributed by atoms with van der Waals surface area (Å²) in [6, 6.07) is 8.36. The van der Waals surface area contributed by atoms with Crippen molar-refractivity contribution < 1.29 is 4.79 Å². The van der Waals surface area contributed by atoms with Crippen LogP contribution in [0.15, 0.2) is 95.6 Å². The first-order chi connectivity index (χ1) is 15.3. The van der Waals surface area contributed by atoms with E-state index >= 15 is 0 Å². The summed E-state index contributed by atoms with van der Waals surface area (Å²) in [7, 11) is 0. The average Bonchev–Trinajstić information content (AvgIpc) is 2.79. The van der Waals surface area contributed by atoms with E-state index in [0.717, 1.165) is 18.4 Å². The second kappa shape index (κ2) is 18.7. The quantitative estimate of drug-likeness (QED) is 0.116. The number of nitrogens with one attached hydrogen (secondary N) is 1. The van der Waals surface area contributed by atoms with Crippen LogP contribution in [-0.2, 0) is 11.2 Å². The fourth-order valence-corrected chi connectivity index (χ4v) is 2.66. The minimum absolute atomic E-state index is 0.254. The van der Waals surface area contributed by atoms with E-state index in [1.807, 2.05) is 54.7 Å². The molecule has 1 rings (SSSR count). The molecular formula is C27H35N3O. The van der Waals surface area contributed by atoms with Gasteiger partial charge in [0, 0.05) is 24.5 Å². The van der Waals surface area contributed by atoms with Crippen LogP contribution in [0.2, 0.25) is 0 Å². The summed E-state index contributed by atoms with van der Waals surface area (Å²) in [5, 5.41) is 3.20. The number of nitrogens with zero attached hydrogens (tertiary/aromatic N) is 2. The van der Waals surface area contributed by atoms with Crippen LogP contribution in [0, 0.1) is 0 Å². The number of carbonyl (C=O) groups is 1. The van der Waals surface area contributed by atoms with Crippen molar-refractivity contribution >= 4 is 24.1 Å². The van der Waals surface area contributed by atoms with Gasteiger partial charge in [0.2, 0.25) is 5.96 Å². The topological polar surface area (TPSA) is 53.8 Å². The smallest absolute Gasteiger partial charge is 0.226 e. The molecule has 0 amide bonds. The minimum Gasteiger partial charge on any atom is -0.324 e. The van der Waals surface area contributed by atoms with E-state index in [-0.39, 0.29) is 6.42 Å². The molecule has 1 aromatic rings. The van der Waals surface area contributed by atoms with E-state index in [1.165, 1.54) is 37.7 Å². The monoisotopic (exact) mass is 417 g/mol. The lowest BCUT2D eigenvalue weighted by atomic mass is 10.1. The molecule has 4 nitrogen and oxygen atoms in total. The van der Waals surface area contributed by atoms with Crippen LogP contribution in [0.1, 0.15) is 51.0 Å². The summed E-state index contributed by atoms with van der Waals surface area (Å²) in [4.78, 5) is 19.2. The van der Waals surface area contributed by atoms with Crippen LogP contribution >= 0.6 is 0 Å². The van der Waals surface area contributed by atoms with E-state index < -0.39 is 0 Å². The lowest BCUT2D eigenvalue weighted by Gasteiger charge is -2.07.